The highest BCUT2D eigenvalue weighted by Crippen LogP contribution is 2.34. The Morgan fingerprint density at radius 1 is 1.44 bits per heavy atom. The number of hydrogen-bond donors (Lipinski definition) is 2. The number of likely N-dealkylation sites (tertiary alicyclic amines) is 1. The quantitative estimate of drug-likeness (QED) is 0.787. The summed E-state index contributed by atoms with van der Waals surface area (Å²) in [6.07, 6.45) is 4.97. The summed E-state index contributed by atoms with van der Waals surface area (Å²) in [4.78, 5) is 14.8. The number of carbonyl (C=O) groups excluding carboxylic acids is 1. The van der Waals surface area contributed by atoms with Crippen LogP contribution in [-0.4, -0.2) is 48.7 Å². The highest BCUT2D eigenvalue weighted by atomic mass is 16.3. The third-order valence-corrected chi connectivity index (χ3v) is 4.59. The van der Waals surface area contributed by atoms with Crippen LogP contribution in [0.3, 0.4) is 0 Å². The van der Waals surface area contributed by atoms with Gasteiger partial charge in [-0.1, -0.05) is 13.3 Å². The van der Waals surface area contributed by atoms with Gasteiger partial charge in [0.1, 0.15) is 0 Å². The number of aliphatic hydroxyl groups excluding tert-OH is 1. The first kappa shape index (κ1) is 13.8. The first-order valence-electron chi connectivity index (χ1n) is 7.33. The summed E-state index contributed by atoms with van der Waals surface area (Å²) in [5.74, 6) is 0.753. The van der Waals surface area contributed by atoms with Gasteiger partial charge in [-0.3, -0.25) is 4.79 Å². The van der Waals surface area contributed by atoms with Crippen LogP contribution < -0.4 is 5.32 Å². The standard InChI is InChI=1S/C14H26N2O2/c1-2-5-14(6-7-15-11-14)13(18)16-8-3-12(10-17)4-9-16/h12,15,17H,2-11H2,1H3. The van der Waals surface area contributed by atoms with Gasteiger partial charge in [0.05, 0.1) is 5.41 Å². The normalized spacial score (nSPS) is 29.8. The first-order chi connectivity index (χ1) is 8.72. The smallest absolute Gasteiger partial charge is 0.230 e. The van der Waals surface area contributed by atoms with E-state index in [2.05, 4.69) is 12.2 Å². The molecule has 18 heavy (non-hydrogen) atoms. The van der Waals surface area contributed by atoms with Gasteiger partial charge in [0, 0.05) is 26.2 Å². The van der Waals surface area contributed by atoms with Gasteiger partial charge >= 0.3 is 0 Å². The molecule has 2 aliphatic heterocycles. The van der Waals surface area contributed by atoms with E-state index in [1.807, 2.05) is 4.90 Å². The molecule has 1 amide bonds. The number of piperidine rings is 1. The van der Waals surface area contributed by atoms with E-state index in [0.29, 0.717) is 11.8 Å². The van der Waals surface area contributed by atoms with E-state index in [-0.39, 0.29) is 12.0 Å². The van der Waals surface area contributed by atoms with Gasteiger partial charge in [-0.05, 0) is 38.1 Å². The molecule has 2 saturated heterocycles. The lowest BCUT2D eigenvalue weighted by atomic mass is 9.80. The van der Waals surface area contributed by atoms with E-state index >= 15 is 0 Å². The predicted molar refractivity (Wildman–Crippen MR) is 71.2 cm³/mol. The zero-order valence-corrected chi connectivity index (χ0v) is 11.5. The van der Waals surface area contributed by atoms with Gasteiger partial charge in [-0.15, -0.1) is 0 Å². The number of amides is 1. The van der Waals surface area contributed by atoms with Crippen molar-refractivity contribution in [1.82, 2.24) is 10.2 Å². The second kappa shape index (κ2) is 6.02. The molecule has 0 saturated carbocycles. The summed E-state index contributed by atoms with van der Waals surface area (Å²) >= 11 is 0. The molecule has 2 N–H and O–H groups in total. The molecule has 2 fully saturated rings. The lowest BCUT2D eigenvalue weighted by molar-refractivity contribution is -0.143. The Balaban J connectivity index is 1.97. The molecule has 2 aliphatic rings. The van der Waals surface area contributed by atoms with E-state index in [1.54, 1.807) is 0 Å². The zero-order chi connectivity index (χ0) is 13.0. The zero-order valence-electron chi connectivity index (χ0n) is 11.5. The molecule has 4 nitrogen and oxygen atoms in total. The number of nitrogens with one attached hydrogen (secondary N) is 1. The molecule has 0 bridgehead atoms. The maximum absolute atomic E-state index is 12.7. The van der Waals surface area contributed by atoms with E-state index < -0.39 is 0 Å². The van der Waals surface area contributed by atoms with Crippen molar-refractivity contribution in [3.05, 3.63) is 0 Å². The predicted octanol–water partition coefficient (Wildman–Crippen LogP) is 0.997. The SMILES string of the molecule is CCCC1(C(=O)N2CCC(CO)CC2)CCNC1. The van der Waals surface area contributed by atoms with Crippen LogP contribution in [-0.2, 0) is 4.79 Å². The molecule has 0 aromatic carbocycles. The van der Waals surface area contributed by atoms with Gasteiger partial charge in [-0.2, -0.15) is 0 Å². The Morgan fingerprint density at radius 3 is 2.67 bits per heavy atom. The third kappa shape index (κ3) is 2.69. The van der Waals surface area contributed by atoms with Crippen LogP contribution in [0.4, 0.5) is 0 Å². The summed E-state index contributed by atoms with van der Waals surface area (Å²) in [6.45, 7) is 5.90. The number of nitrogens with zero attached hydrogens (tertiary/aromatic N) is 1. The molecule has 0 spiro atoms. The molecular formula is C14H26N2O2. The topological polar surface area (TPSA) is 52.6 Å². The summed E-state index contributed by atoms with van der Waals surface area (Å²) in [5.41, 5.74) is -0.138. The van der Waals surface area contributed by atoms with Crippen LogP contribution in [0.25, 0.3) is 0 Å². The van der Waals surface area contributed by atoms with Crippen LogP contribution in [0.2, 0.25) is 0 Å². The van der Waals surface area contributed by atoms with Crippen LogP contribution in [0.5, 0.6) is 0 Å². The van der Waals surface area contributed by atoms with Crippen LogP contribution in [0.15, 0.2) is 0 Å². The molecule has 2 rings (SSSR count). The van der Waals surface area contributed by atoms with Crippen molar-refractivity contribution in [2.24, 2.45) is 11.3 Å². The average molecular weight is 254 g/mol. The summed E-state index contributed by atoms with van der Waals surface area (Å²) < 4.78 is 0. The van der Waals surface area contributed by atoms with Gasteiger partial charge in [0.15, 0.2) is 0 Å². The Bertz CT molecular complexity index is 280. The monoisotopic (exact) mass is 254 g/mol. The minimum atomic E-state index is -0.138. The van der Waals surface area contributed by atoms with Crippen LogP contribution in [0.1, 0.15) is 39.0 Å². The van der Waals surface area contributed by atoms with E-state index in [1.165, 1.54) is 0 Å². The molecule has 4 heteroatoms. The molecule has 1 unspecified atom stereocenters. The summed E-state index contributed by atoms with van der Waals surface area (Å²) in [6, 6.07) is 0. The van der Waals surface area contributed by atoms with E-state index in [4.69, 9.17) is 5.11 Å². The molecule has 104 valence electrons. The van der Waals surface area contributed by atoms with Crippen LogP contribution >= 0.6 is 0 Å². The molecule has 0 aliphatic carbocycles. The van der Waals surface area contributed by atoms with Gasteiger partial charge in [0.25, 0.3) is 0 Å². The molecule has 2 heterocycles. The highest BCUT2D eigenvalue weighted by Gasteiger charge is 2.43. The molecular weight excluding hydrogens is 228 g/mol. The van der Waals surface area contributed by atoms with Crippen molar-refractivity contribution >= 4 is 5.91 Å². The lowest BCUT2D eigenvalue weighted by Gasteiger charge is -2.37. The van der Waals surface area contributed by atoms with Crippen molar-refractivity contribution < 1.29 is 9.90 Å². The number of rotatable bonds is 4. The maximum Gasteiger partial charge on any atom is 0.230 e. The van der Waals surface area contributed by atoms with Gasteiger partial charge in [-0.25, -0.2) is 0 Å². The third-order valence-electron chi connectivity index (χ3n) is 4.59. The Labute approximate surface area is 110 Å². The molecule has 0 aromatic heterocycles. The second-order valence-corrected chi connectivity index (χ2v) is 5.88. The van der Waals surface area contributed by atoms with E-state index in [9.17, 15) is 4.79 Å². The molecule has 0 aromatic rings. The fourth-order valence-electron chi connectivity index (χ4n) is 3.38. The highest BCUT2D eigenvalue weighted by molar-refractivity contribution is 5.83. The van der Waals surface area contributed by atoms with Crippen molar-refractivity contribution in [2.45, 2.75) is 39.0 Å². The first-order valence-corrected chi connectivity index (χ1v) is 7.33. The summed E-state index contributed by atoms with van der Waals surface area (Å²) in [5, 5.41) is 12.5. The van der Waals surface area contributed by atoms with Crippen molar-refractivity contribution in [2.75, 3.05) is 32.8 Å². The number of hydrogen-bond acceptors (Lipinski definition) is 3. The van der Waals surface area contributed by atoms with Crippen molar-refractivity contribution in [3.8, 4) is 0 Å². The second-order valence-electron chi connectivity index (χ2n) is 5.88. The van der Waals surface area contributed by atoms with E-state index in [0.717, 1.165) is 58.3 Å². The van der Waals surface area contributed by atoms with Crippen LogP contribution in [0, 0.1) is 11.3 Å². The van der Waals surface area contributed by atoms with Gasteiger partial charge in [0.2, 0.25) is 5.91 Å². The Morgan fingerprint density at radius 2 is 2.17 bits per heavy atom. The Hall–Kier alpha value is -0.610. The number of aliphatic hydroxyl groups is 1. The Kier molecular flexibility index (Phi) is 4.62. The minimum absolute atomic E-state index is 0.138. The molecule has 1 atom stereocenters. The fourth-order valence-corrected chi connectivity index (χ4v) is 3.38. The summed E-state index contributed by atoms with van der Waals surface area (Å²) in [7, 11) is 0. The van der Waals surface area contributed by atoms with Crippen molar-refractivity contribution in [3.63, 3.8) is 0 Å². The maximum atomic E-state index is 12.7. The van der Waals surface area contributed by atoms with Crippen molar-refractivity contribution in [1.29, 1.82) is 0 Å². The fraction of sp³-hybridized carbons (Fsp3) is 0.929. The number of carbonyl (C=O) groups is 1. The average Bonchev–Trinajstić information content (AvgIpc) is 2.88. The lowest BCUT2D eigenvalue weighted by Crippen LogP contribution is -2.48. The largest absolute Gasteiger partial charge is 0.396 e. The van der Waals surface area contributed by atoms with Gasteiger partial charge < -0.3 is 15.3 Å². The molecule has 0 radical (unpaired) electrons. The minimum Gasteiger partial charge on any atom is -0.396 e.